The smallest absolute Gasteiger partial charge is 0.407 e. The van der Waals surface area contributed by atoms with Gasteiger partial charge in [-0.05, 0) is 92.0 Å². The molecule has 6 rings (SSSR count). The third-order valence-corrected chi connectivity index (χ3v) is 13.3. The number of nitrogens with zero attached hydrogens (tertiary/aromatic N) is 5. The summed E-state index contributed by atoms with van der Waals surface area (Å²) in [5.41, 5.74) is 15.9. The van der Waals surface area contributed by atoms with Gasteiger partial charge in [0.05, 0.1) is 95.5 Å². The van der Waals surface area contributed by atoms with Gasteiger partial charge < -0.3 is 76.7 Å². The summed E-state index contributed by atoms with van der Waals surface area (Å²) in [6.45, 7) is 7.02. The second-order valence-electron chi connectivity index (χ2n) is 20.1. The molecule has 2 aliphatic rings. The summed E-state index contributed by atoms with van der Waals surface area (Å²) in [6.07, 6.45) is 9.86. The van der Waals surface area contributed by atoms with E-state index < -0.39 is 47.8 Å². The van der Waals surface area contributed by atoms with Gasteiger partial charge >= 0.3 is 12.1 Å². The molecule has 85 heavy (non-hydrogen) atoms. The summed E-state index contributed by atoms with van der Waals surface area (Å²) >= 11 is 0. The maximum Gasteiger partial charge on any atom is 0.407 e. The second kappa shape index (κ2) is 34.7. The number of urea groups is 1. The Balaban J connectivity index is 0.882. The van der Waals surface area contributed by atoms with Crippen LogP contribution >= 0.6 is 0 Å². The zero-order valence-corrected chi connectivity index (χ0v) is 48.2. The first-order valence-corrected chi connectivity index (χ1v) is 28.2. The molecular weight excluding hydrogens is 1100 g/mol. The van der Waals surface area contributed by atoms with Crippen molar-refractivity contribution >= 4 is 70.4 Å². The maximum atomic E-state index is 13.7. The number of imide groups is 1. The fourth-order valence-electron chi connectivity index (χ4n) is 8.68. The number of aryl methyl sites for hydroxylation is 1. The van der Waals surface area contributed by atoms with Gasteiger partial charge in [0, 0.05) is 62.7 Å². The molecule has 2 aromatic carbocycles. The van der Waals surface area contributed by atoms with Crippen molar-refractivity contribution in [3.63, 3.8) is 0 Å². The van der Waals surface area contributed by atoms with E-state index in [1.807, 2.05) is 31.3 Å². The third-order valence-electron chi connectivity index (χ3n) is 13.3. The number of rotatable bonds is 32. The van der Waals surface area contributed by atoms with Crippen LogP contribution in [-0.2, 0) is 60.7 Å². The number of anilines is 4. The summed E-state index contributed by atoms with van der Waals surface area (Å²) < 4.78 is 33.5. The van der Waals surface area contributed by atoms with Crippen molar-refractivity contribution in [1.82, 2.24) is 41.1 Å². The number of fused-ring (bicyclic) bond motifs is 6. The SMILES string of the molecule is CC(C)[C@H](NC(=O)CCOCCOCCOCCOCCN1C(=O)C=CC1=O)C(=O)N[C@@H](CCCNC(N)=O)C(=O)Nc1ccc(COC(=O)NCCCOc2ccc3cc2CCCCN(C)c2ccncc2NC(=O)c2nc-3cnc2N)cc1. The molecule has 0 saturated heterocycles. The van der Waals surface area contributed by atoms with Gasteiger partial charge in [0.2, 0.25) is 17.7 Å². The lowest BCUT2D eigenvalue weighted by Crippen LogP contribution is -2.54. The summed E-state index contributed by atoms with van der Waals surface area (Å²) in [5.74, 6) is -2.45. The molecule has 27 heteroatoms. The number of nitrogens with two attached hydrogens (primary N) is 2. The highest BCUT2D eigenvalue weighted by molar-refractivity contribution is 6.13. The lowest BCUT2D eigenvalue weighted by molar-refractivity contribution is -0.137. The van der Waals surface area contributed by atoms with Crippen molar-refractivity contribution in [2.75, 3.05) is 114 Å². The Morgan fingerprint density at radius 2 is 1.47 bits per heavy atom. The first-order chi connectivity index (χ1) is 41.1. The van der Waals surface area contributed by atoms with Crippen LogP contribution in [0.15, 0.2) is 79.3 Å². The molecule has 458 valence electrons. The van der Waals surface area contributed by atoms with Crippen LogP contribution in [0.5, 0.6) is 5.75 Å². The molecule has 2 atom stereocenters. The predicted octanol–water partition coefficient (Wildman–Crippen LogP) is 3.24. The Bertz CT molecular complexity index is 2910. The molecule has 4 heterocycles. The normalized spacial score (nSPS) is 13.9. The molecule has 10 N–H and O–H groups in total. The van der Waals surface area contributed by atoms with Crippen molar-refractivity contribution in [3.05, 3.63) is 96.1 Å². The van der Waals surface area contributed by atoms with Gasteiger partial charge in [-0.25, -0.2) is 19.6 Å². The Kier molecular flexibility index (Phi) is 26.7. The molecule has 27 nitrogen and oxygen atoms in total. The Hall–Kier alpha value is -8.79. The molecule has 4 bridgehead atoms. The highest BCUT2D eigenvalue weighted by Gasteiger charge is 2.29. The Labute approximate surface area is 493 Å². The number of aromatic nitrogens is 3. The molecule has 0 unspecified atom stereocenters. The first kappa shape index (κ1) is 65.4. The molecule has 0 aliphatic carbocycles. The van der Waals surface area contributed by atoms with Crippen LogP contribution in [0, 0.1) is 5.92 Å². The lowest BCUT2D eigenvalue weighted by atomic mass is 10.0. The van der Waals surface area contributed by atoms with Crippen LogP contribution in [0.4, 0.5) is 32.5 Å². The highest BCUT2D eigenvalue weighted by Crippen LogP contribution is 2.30. The number of alkyl carbamates (subject to hydrolysis) is 1. The van der Waals surface area contributed by atoms with E-state index in [-0.39, 0.29) is 108 Å². The van der Waals surface area contributed by atoms with Gasteiger partial charge in [-0.1, -0.05) is 26.0 Å². The molecule has 9 amide bonds. The molecule has 0 saturated carbocycles. The Morgan fingerprint density at radius 1 is 0.776 bits per heavy atom. The van der Waals surface area contributed by atoms with Gasteiger partial charge in [0.1, 0.15) is 24.4 Å². The molecule has 0 radical (unpaired) electrons. The van der Waals surface area contributed by atoms with Crippen molar-refractivity contribution in [3.8, 4) is 17.0 Å². The van der Waals surface area contributed by atoms with Gasteiger partial charge in [-0.15, -0.1) is 0 Å². The van der Waals surface area contributed by atoms with E-state index in [1.54, 1.807) is 50.5 Å². The fraction of sp³-hybridized carbons (Fsp3) is 0.466. The number of nitrogen functional groups attached to an aromatic ring is 1. The van der Waals surface area contributed by atoms with E-state index in [0.717, 1.165) is 41.1 Å². The number of amides is 9. The van der Waals surface area contributed by atoms with Crippen LogP contribution in [0.25, 0.3) is 11.3 Å². The minimum atomic E-state index is -1.06. The number of hydrogen-bond donors (Lipinski definition) is 8. The average Bonchev–Trinajstić information content (AvgIpc) is 3.43. The summed E-state index contributed by atoms with van der Waals surface area (Å²) in [4.78, 5) is 117. The van der Waals surface area contributed by atoms with Gasteiger partial charge in [0.15, 0.2) is 11.5 Å². The average molecular weight is 1180 g/mol. The fourth-order valence-corrected chi connectivity index (χ4v) is 8.68. The minimum absolute atomic E-state index is 0.00345. The molecule has 0 fully saturated rings. The van der Waals surface area contributed by atoms with Crippen LogP contribution in [-0.4, -0.2) is 172 Å². The molecule has 0 spiro atoms. The van der Waals surface area contributed by atoms with Crippen molar-refractivity contribution in [1.29, 1.82) is 0 Å². The molecule has 2 aromatic heterocycles. The standard InChI is InChI=1S/C58H77N13O14/c1-38(2)51(69-48(72)19-26-80-28-30-82-32-33-83-31-29-81-27-24-71-49(73)16-17-50(71)74)55(76)67-43(9-6-20-62-57(60)78)54(75)65-42-13-10-39(11-14-42)37-85-58(79)63-21-7-25-84-47-15-12-40-34-41(47)8-4-5-23-70(3)46-18-22-61-35-45(46)68-56(77)52-53(59)64-36-44(40)66-52/h10-18,22,34-36,38,43,51H,4-9,19-21,23-33,37H2,1-3H3,(H2,59,64)(H,63,79)(H,65,75)(H,67,76)(H,68,77)(H,69,72)(H3,60,62,78)/t43-,51-/m0/s1. The monoisotopic (exact) mass is 1180 g/mol. The number of hydrogen-bond acceptors (Lipinski definition) is 19. The number of pyridine rings is 1. The summed E-state index contributed by atoms with van der Waals surface area (Å²) in [6, 6.07) is 11.3. The van der Waals surface area contributed by atoms with Crippen molar-refractivity contribution in [2.45, 2.75) is 77.5 Å². The number of carbonyl (C=O) groups excluding carboxylic acids is 8. The predicted molar refractivity (Wildman–Crippen MR) is 313 cm³/mol. The Morgan fingerprint density at radius 3 is 2.18 bits per heavy atom. The van der Waals surface area contributed by atoms with E-state index in [1.165, 1.54) is 18.3 Å². The van der Waals surface area contributed by atoms with Crippen molar-refractivity contribution in [2.24, 2.45) is 11.7 Å². The van der Waals surface area contributed by atoms with Gasteiger partial charge in [-0.2, -0.15) is 0 Å². The van der Waals surface area contributed by atoms with Crippen LogP contribution < -0.4 is 53.0 Å². The largest absolute Gasteiger partial charge is 0.493 e. The number of carbonyl (C=O) groups is 8. The zero-order valence-electron chi connectivity index (χ0n) is 48.2. The van der Waals surface area contributed by atoms with E-state index in [2.05, 4.69) is 51.8 Å². The van der Waals surface area contributed by atoms with E-state index in [9.17, 15) is 38.4 Å². The highest BCUT2D eigenvalue weighted by atomic mass is 16.6. The van der Waals surface area contributed by atoms with Crippen LogP contribution in [0.1, 0.15) is 74.0 Å². The van der Waals surface area contributed by atoms with E-state index >= 15 is 0 Å². The zero-order chi connectivity index (χ0) is 60.9. The second-order valence-corrected chi connectivity index (χ2v) is 20.1. The number of ether oxygens (including phenoxy) is 6. The number of nitrogens with one attached hydrogen (secondary N) is 6. The van der Waals surface area contributed by atoms with Crippen LogP contribution in [0.3, 0.4) is 0 Å². The summed E-state index contributed by atoms with van der Waals surface area (Å²) in [5, 5.41) is 16.4. The van der Waals surface area contributed by atoms with Crippen molar-refractivity contribution < 1.29 is 66.8 Å². The van der Waals surface area contributed by atoms with Gasteiger partial charge in [0.25, 0.3) is 17.7 Å². The molecule has 2 aliphatic heterocycles. The topological polar surface area (TPSA) is 361 Å². The minimum Gasteiger partial charge on any atom is -0.493 e. The van der Waals surface area contributed by atoms with Crippen LogP contribution in [0.2, 0.25) is 0 Å². The third kappa shape index (κ3) is 22.0. The molecular formula is C58H77N13O14. The first-order valence-electron chi connectivity index (χ1n) is 28.2. The van der Waals surface area contributed by atoms with Gasteiger partial charge in [-0.3, -0.25) is 38.7 Å². The maximum absolute atomic E-state index is 13.7. The van der Waals surface area contributed by atoms with E-state index in [4.69, 9.17) is 39.9 Å². The quantitative estimate of drug-likeness (QED) is 0.0257. The summed E-state index contributed by atoms with van der Waals surface area (Å²) in [7, 11) is 1.95. The lowest BCUT2D eigenvalue weighted by Gasteiger charge is -2.25. The number of primary amides is 1. The molecule has 4 aromatic rings. The van der Waals surface area contributed by atoms with E-state index in [0.29, 0.717) is 67.7 Å². The number of benzene rings is 2.